The first-order valence-corrected chi connectivity index (χ1v) is 6.59. The van der Waals surface area contributed by atoms with E-state index >= 15 is 0 Å². The van der Waals surface area contributed by atoms with Crippen molar-refractivity contribution >= 4 is 23.4 Å². The Labute approximate surface area is 122 Å². The fourth-order valence-electron chi connectivity index (χ4n) is 1.85. The normalized spacial score (nSPS) is 11.9. The van der Waals surface area contributed by atoms with Crippen LogP contribution in [0.2, 0.25) is 5.02 Å². The third-order valence-corrected chi connectivity index (χ3v) is 3.24. The van der Waals surface area contributed by atoms with Gasteiger partial charge in [0.05, 0.1) is 13.2 Å². The fourth-order valence-corrected chi connectivity index (χ4v) is 2.15. The largest absolute Gasteiger partial charge is 0.468 e. The van der Waals surface area contributed by atoms with Crippen molar-refractivity contribution in [3.63, 3.8) is 0 Å². The van der Waals surface area contributed by atoms with Crippen LogP contribution >= 0.6 is 11.6 Å². The number of carbonyl (C=O) groups is 1. The topological polar surface area (TPSA) is 56.1 Å². The van der Waals surface area contributed by atoms with Crippen molar-refractivity contribution in [3.05, 3.63) is 47.1 Å². The van der Waals surface area contributed by atoms with Crippen LogP contribution < -0.4 is 5.32 Å². The summed E-state index contributed by atoms with van der Waals surface area (Å²) in [4.78, 5) is 11.2. The summed E-state index contributed by atoms with van der Waals surface area (Å²) in [5.41, 5.74) is 0.997. The highest BCUT2D eigenvalue weighted by molar-refractivity contribution is 6.31. The number of rotatable bonds is 5. The van der Waals surface area contributed by atoms with Gasteiger partial charge in [-0.3, -0.25) is 9.48 Å². The molecule has 0 amide bonds. The maximum Gasteiger partial charge on any atom is 0.327 e. The van der Waals surface area contributed by atoms with Gasteiger partial charge in [-0.25, -0.2) is 0 Å². The van der Waals surface area contributed by atoms with Gasteiger partial charge in [0.15, 0.2) is 0 Å². The summed E-state index contributed by atoms with van der Waals surface area (Å²) in [6.45, 7) is 2.10. The SMILES string of the molecule is COC(=O)Cn1ccc(N[C@@H](C)c2ccccc2Cl)n1. The van der Waals surface area contributed by atoms with Crippen LogP contribution in [0.15, 0.2) is 36.5 Å². The number of carbonyl (C=O) groups excluding carboxylic acids is 1. The minimum atomic E-state index is -0.334. The monoisotopic (exact) mass is 293 g/mol. The third kappa shape index (κ3) is 3.51. The van der Waals surface area contributed by atoms with Gasteiger partial charge in [0, 0.05) is 17.3 Å². The molecule has 0 aliphatic carbocycles. The Hall–Kier alpha value is -2.01. The summed E-state index contributed by atoms with van der Waals surface area (Å²) < 4.78 is 6.11. The number of hydrogen-bond acceptors (Lipinski definition) is 4. The van der Waals surface area contributed by atoms with E-state index in [1.54, 1.807) is 12.3 Å². The van der Waals surface area contributed by atoms with Crippen molar-refractivity contribution in [2.45, 2.75) is 19.5 Å². The number of benzene rings is 1. The molecule has 0 radical (unpaired) electrons. The number of halogens is 1. The predicted molar refractivity (Wildman–Crippen MR) is 77.7 cm³/mol. The predicted octanol–water partition coefficient (Wildman–Crippen LogP) is 2.88. The summed E-state index contributed by atoms with van der Waals surface area (Å²) >= 11 is 6.15. The van der Waals surface area contributed by atoms with Gasteiger partial charge in [0.25, 0.3) is 0 Å². The summed E-state index contributed by atoms with van der Waals surface area (Å²) in [5, 5.41) is 8.21. The lowest BCUT2D eigenvalue weighted by Crippen LogP contribution is -2.13. The van der Waals surface area contributed by atoms with Crippen molar-refractivity contribution in [2.75, 3.05) is 12.4 Å². The molecule has 0 unspecified atom stereocenters. The van der Waals surface area contributed by atoms with Crippen LogP contribution in [0.25, 0.3) is 0 Å². The molecule has 2 aromatic rings. The number of nitrogens with zero attached hydrogens (tertiary/aromatic N) is 2. The lowest BCUT2D eigenvalue weighted by Gasteiger charge is -2.14. The molecule has 2 rings (SSSR count). The van der Waals surface area contributed by atoms with Gasteiger partial charge in [-0.05, 0) is 18.6 Å². The van der Waals surface area contributed by atoms with E-state index in [0.29, 0.717) is 10.8 Å². The van der Waals surface area contributed by atoms with Crippen LogP contribution in [0.1, 0.15) is 18.5 Å². The van der Waals surface area contributed by atoms with Gasteiger partial charge in [-0.2, -0.15) is 5.10 Å². The van der Waals surface area contributed by atoms with Gasteiger partial charge >= 0.3 is 5.97 Å². The number of nitrogens with one attached hydrogen (secondary N) is 1. The Balaban J connectivity index is 2.03. The zero-order chi connectivity index (χ0) is 14.5. The van der Waals surface area contributed by atoms with E-state index < -0.39 is 0 Å². The Kier molecular flexibility index (Phi) is 4.63. The minimum absolute atomic E-state index is 0.0187. The van der Waals surface area contributed by atoms with Crippen molar-refractivity contribution in [3.8, 4) is 0 Å². The molecular formula is C14H16ClN3O2. The number of hydrogen-bond donors (Lipinski definition) is 1. The van der Waals surface area contributed by atoms with Crippen LogP contribution in [0, 0.1) is 0 Å². The summed E-state index contributed by atoms with van der Waals surface area (Å²) in [7, 11) is 1.35. The van der Waals surface area contributed by atoms with Crippen LogP contribution in [0.4, 0.5) is 5.82 Å². The molecule has 1 heterocycles. The highest BCUT2D eigenvalue weighted by Crippen LogP contribution is 2.24. The maximum absolute atomic E-state index is 11.2. The first-order valence-electron chi connectivity index (χ1n) is 6.21. The van der Waals surface area contributed by atoms with Crippen LogP contribution in [-0.4, -0.2) is 22.9 Å². The summed E-state index contributed by atoms with van der Waals surface area (Å²) in [6, 6.07) is 9.47. The van der Waals surface area contributed by atoms with Gasteiger partial charge < -0.3 is 10.1 Å². The second-order valence-corrected chi connectivity index (χ2v) is 4.77. The molecule has 0 fully saturated rings. The molecule has 0 saturated carbocycles. The summed E-state index contributed by atoms with van der Waals surface area (Å²) in [6.07, 6.45) is 1.72. The summed E-state index contributed by atoms with van der Waals surface area (Å²) in [5.74, 6) is 0.347. The van der Waals surface area contributed by atoms with Crippen molar-refractivity contribution in [1.29, 1.82) is 0 Å². The van der Waals surface area contributed by atoms with E-state index in [4.69, 9.17) is 11.6 Å². The zero-order valence-electron chi connectivity index (χ0n) is 11.3. The molecule has 1 aromatic carbocycles. The second-order valence-electron chi connectivity index (χ2n) is 4.36. The fraction of sp³-hybridized carbons (Fsp3) is 0.286. The van der Waals surface area contributed by atoms with Crippen molar-refractivity contribution in [2.24, 2.45) is 0 Å². The van der Waals surface area contributed by atoms with E-state index in [1.165, 1.54) is 11.8 Å². The average Bonchev–Trinajstić information content (AvgIpc) is 2.86. The van der Waals surface area contributed by atoms with E-state index in [9.17, 15) is 4.79 Å². The maximum atomic E-state index is 11.2. The molecule has 6 heteroatoms. The Morgan fingerprint density at radius 3 is 2.90 bits per heavy atom. The van der Waals surface area contributed by atoms with Gasteiger partial charge in [0.2, 0.25) is 0 Å². The van der Waals surface area contributed by atoms with E-state index in [1.807, 2.05) is 31.2 Å². The molecule has 5 nitrogen and oxygen atoms in total. The van der Waals surface area contributed by atoms with E-state index in [-0.39, 0.29) is 18.6 Å². The molecule has 0 aliphatic heterocycles. The lowest BCUT2D eigenvalue weighted by molar-refractivity contribution is -0.141. The molecule has 1 aromatic heterocycles. The van der Waals surface area contributed by atoms with Crippen LogP contribution in [0.5, 0.6) is 0 Å². The van der Waals surface area contributed by atoms with Crippen molar-refractivity contribution in [1.82, 2.24) is 9.78 Å². The third-order valence-electron chi connectivity index (χ3n) is 2.90. The molecule has 1 N–H and O–H groups in total. The lowest BCUT2D eigenvalue weighted by atomic mass is 10.1. The van der Waals surface area contributed by atoms with Gasteiger partial charge in [-0.1, -0.05) is 29.8 Å². The molecular weight excluding hydrogens is 278 g/mol. The molecule has 0 aliphatic rings. The highest BCUT2D eigenvalue weighted by atomic mass is 35.5. The average molecular weight is 294 g/mol. The number of ether oxygens (including phenoxy) is 1. The molecule has 0 saturated heterocycles. The highest BCUT2D eigenvalue weighted by Gasteiger charge is 2.11. The van der Waals surface area contributed by atoms with Crippen LogP contribution in [0.3, 0.4) is 0 Å². The number of esters is 1. The number of aromatic nitrogens is 2. The number of methoxy groups -OCH3 is 1. The van der Waals surface area contributed by atoms with Gasteiger partial charge in [-0.15, -0.1) is 0 Å². The van der Waals surface area contributed by atoms with Crippen LogP contribution in [-0.2, 0) is 16.1 Å². The standard InChI is InChI=1S/C14H16ClN3O2/c1-10(11-5-3-4-6-12(11)15)16-13-7-8-18(17-13)9-14(19)20-2/h3-8,10H,9H2,1-2H3,(H,16,17)/t10-/m0/s1. The minimum Gasteiger partial charge on any atom is -0.468 e. The number of anilines is 1. The zero-order valence-corrected chi connectivity index (χ0v) is 12.1. The molecule has 1 atom stereocenters. The Morgan fingerprint density at radius 1 is 1.45 bits per heavy atom. The Morgan fingerprint density at radius 2 is 2.20 bits per heavy atom. The van der Waals surface area contributed by atoms with Gasteiger partial charge in [0.1, 0.15) is 12.4 Å². The Bertz CT molecular complexity index is 598. The quantitative estimate of drug-likeness (QED) is 0.861. The first kappa shape index (κ1) is 14.4. The van der Waals surface area contributed by atoms with E-state index in [0.717, 1.165) is 5.56 Å². The second kappa shape index (κ2) is 6.43. The molecule has 106 valence electrons. The van der Waals surface area contributed by atoms with Crippen molar-refractivity contribution < 1.29 is 9.53 Å². The molecule has 0 bridgehead atoms. The first-order chi connectivity index (χ1) is 9.60. The molecule has 20 heavy (non-hydrogen) atoms. The molecule has 0 spiro atoms. The smallest absolute Gasteiger partial charge is 0.327 e. The van der Waals surface area contributed by atoms with E-state index in [2.05, 4.69) is 15.2 Å².